The molecule has 1 aliphatic carbocycles. The molecule has 3 N–H and O–H groups in total. The van der Waals surface area contributed by atoms with E-state index in [0.29, 0.717) is 18.2 Å². The molecule has 1 aromatic carbocycles. The maximum atomic E-state index is 12.6. The van der Waals surface area contributed by atoms with Gasteiger partial charge in [-0.05, 0) is 74.7 Å². The largest absolute Gasteiger partial charge is 0.364 e. The van der Waals surface area contributed by atoms with Crippen LogP contribution in [0.5, 0.6) is 0 Å². The van der Waals surface area contributed by atoms with E-state index in [9.17, 15) is 9.59 Å². The van der Waals surface area contributed by atoms with E-state index in [1.165, 1.54) is 57.2 Å². The number of nitrogens with zero attached hydrogens (tertiary/aromatic N) is 6. The van der Waals surface area contributed by atoms with Gasteiger partial charge in [0.05, 0.1) is 12.2 Å². The summed E-state index contributed by atoms with van der Waals surface area (Å²) in [5, 5.41) is 3.32. The molecule has 4 heterocycles. The fourth-order valence-corrected chi connectivity index (χ4v) is 7.26. The molecular weight excluding hydrogens is 516 g/mol. The Balaban J connectivity index is 1.14. The van der Waals surface area contributed by atoms with Crippen LogP contribution < -0.4 is 16.0 Å². The number of carbonyl (C=O) groups is 2. The monoisotopic (exact) mass is 560 g/mol. The number of rotatable bonds is 7. The normalized spacial score (nSPS) is 23.8. The molecule has 1 saturated carbocycles. The number of likely N-dealkylation sites (tertiary alicyclic amines) is 1. The third kappa shape index (κ3) is 5.71. The van der Waals surface area contributed by atoms with E-state index in [1.54, 1.807) is 11.1 Å². The Morgan fingerprint density at radius 1 is 0.976 bits per heavy atom. The molecule has 1 atom stereocenters. The summed E-state index contributed by atoms with van der Waals surface area (Å²) in [6, 6.07) is 9.55. The van der Waals surface area contributed by atoms with Crippen LogP contribution in [0.15, 0.2) is 30.5 Å². The number of primary amides is 1. The second kappa shape index (κ2) is 11.5. The third-order valence-corrected chi connectivity index (χ3v) is 9.99. The average Bonchev–Trinajstić information content (AvgIpc) is 3.64. The molecule has 2 aromatic rings. The van der Waals surface area contributed by atoms with Gasteiger partial charge in [0, 0.05) is 45.0 Å². The van der Waals surface area contributed by atoms with Crippen LogP contribution in [-0.4, -0.2) is 95.0 Å². The van der Waals surface area contributed by atoms with Gasteiger partial charge in [-0.1, -0.05) is 31.9 Å². The highest BCUT2D eigenvalue weighted by Gasteiger charge is 2.36. The zero-order valence-electron chi connectivity index (χ0n) is 24.5. The van der Waals surface area contributed by atoms with Crippen molar-refractivity contribution in [1.82, 2.24) is 24.7 Å². The van der Waals surface area contributed by atoms with Crippen LogP contribution in [0.2, 0.25) is 0 Å². The minimum atomic E-state index is -0.619. The van der Waals surface area contributed by atoms with Gasteiger partial charge in [0.15, 0.2) is 11.5 Å². The van der Waals surface area contributed by atoms with E-state index in [2.05, 4.69) is 51.3 Å². The van der Waals surface area contributed by atoms with Crippen molar-refractivity contribution in [3.63, 3.8) is 0 Å². The zero-order chi connectivity index (χ0) is 28.6. The van der Waals surface area contributed by atoms with Crippen LogP contribution in [0.1, 0.15) is 74.3 Å². The van der Waals surface area contributed by atoms with E-state index < -0.39 is 5.91 Å². The highest BCUT2D eigenvalue weighted by atomic mass is 16.2. The number of nitrogens with one attached hydrogen (secondary N) is 1. The predicted molar refractivity (Wildman–Crippen MR) is 161 cm³/mol. The van der Waals surface area contributed by atoms with Crippen LogP contribution in [-0.2, 0) is 5.41 Å². The van der Waals surface area contributed by atoms with Crippen molar-refractivity contribution in [3.8, 4) is 0 Å². The fraction of sp³-hybridized carbons (Fsp3) is 0.613. The quantitative estimate of drug-likeness (QED) is 0.528. The van der Waals surface area contributed by atoms with Crippen molar-refractivity contribution < 1.29 is 9.59 Å². The summed E-state index contributed by atoms with van der Waals surface area (Å²) in [7, 11) is 1.85. The van der Waals surface area contributed by atoms with Crippen molar-refractivity contribution in [2.45, 2.75) is 75.8 Å². The number of amides is 3. The molecule has 10 nitrogen and oxygen atoms in total. The Hall–Kier alpha value is -3.40. The van der Waals surface area contributed by atoms with Crippen LogP contribution in [0.4, 0.5) is 22.1 Å². The Morgan fingerprint density at radius 2 is 1.68 bits per heavy atom. The standard InChI is InChI=1S/C31H44N8O2/c1-31(13-16-37(17-14-31)24-6-3-4-7-24)22-9-11-23(12-10-22)34-29-27(28(32)40)33-20-26(35-29)38-15-5-8-25(21-38)39-19-18-36(2)30(39)41/h9-12,20,24-25H,3-8,13-19,21H2,1-2H3,(H2,32,40)(H,34,35). The first-order valence-electron chi connectivity index (χ1n) is 15.4. The van der Waals surface area contributed by atoms with Gasteiger partial charge in [-0.15, -0.1) is 0 Å². The molecule has 1 unspecified atom stereocenters. The van der Waals surface area contributed by atoms with E-state index in [4.69, 9.17) is 10.7 Å². The Labute approximate surface area is 243 Å². The molecule has 0 spiro atoms. The molecule has 4 aliphatic rings. The second-order valence-electron chi connectivity index (χ2n) is 12.7. The number of anilines is 3. The molecule has 0 radical (unpaired) electrons. The van der Waals surface area contributed by atoms with Gasteiger partial charge in [0.1, 0.15) is 5.82 Å². The number of carbonyl (C=O) groups excluding carboxylic acids is 2. The van der Waals surface area contributed by atoms with E-state index in [0.717, 1.165) is 44.2 Å². The van der Waals surface area contributed by atoms with Gasteiger partial charge in [0.2, 0.25) is 0 Å². The first-order chi connectivity index (χ1) is 19.8. The maximum Gasteiger partial charge on any atom is 0.320 e. The summed E-state index contributed by atoms with van der Waals surface area (Å²) < 4.78 is 0. The van der Waals surface area contributed by atoms with Crippen molar-refractivity contribution in [2.24, 2.45) is 5.73 Å². The number of hydrogen-bond acceptors (Lipinski definition) is 7. The first kappa shape index (κ1) is 27.8. The number of piperidine rings is 2. The number of nitrogens with two attached hydrogens (primary N) is 1. The summed E-state index contributed by atoms with van der Waals surface area (Å²) in [6.07, 6.45) is 11.4. The topological polar surface area (TPSA) is 111 Å². The molecule has 1 aromatic heterocycles. The van der Waals surface area contributed by atoms with Gasteiger partial charge in [0.25, 0.3) is 5.91 Å². The van der Waals surface area contributed by atoms with Crippen LogP contribution in [0.3, 0.4) is 0 Å². The number of hydrogen-bond donors (Lipinski definition) is 2. The van der Waals surface area contributed by atoms with Gasteiger partial charge < -0.3 is 30.7 Å². The number of aromatic nitrogens is 2. The van der Waals surface area contributed by atoms with Crippen LogP contribution >= 0.6 is 0 Å². The second-order valence-corrected chi connectivity index (χ2v) is 12.7. The number of benzene rings is 1. The lowest BCUT2D eigenvalue weighted by Crippen LogP contribution is -2.49. The van der Waals surface area contributed by atoms with Gasteiger partial charge >= 0.3 is 6.03 Å². The molecule has 0 bridgehead atoms. The molecule has 6 rings (SSSR count). The molecule has 3 saturated heterocycles. The molecular formula is C31H44N8O2. The summed E-state index contributed by atoms with van der Waals surface area (Å²) in [6.45, 7) is 7.76. The minimum Gasteiger partial charge on any atom is -0.364 e. The molecule has 41 heavy (non-hydrogen) atoms. The Kier molecular flexibility index (Phi) is 7.76. The zero-order valence-corrected chi connectivity index (χ0v) is 24.5. The summed E-state index contributed by atoms with van der Waals surface area (Å²) in [4.78, 5) is 42.6. The fourth-order valence-electron chi connectivity index (χ4n) is 7.26. The molecule has 3 aliphatic heterocycles. The lowest BCUT2D eigenvalue weighted by atomic mass is 9.74. The highest BCUT2D eigenvalue weighted by Crippen LogP contribution is 2.38. The first-order valence-corrected chi connectivity index (χ1v) is 15.4. The average molecular weight is 561 g/mol. The van der Waals surface area contributed by atoms with Crippen LogP contribution in [0, 0.1) is 0 Å². The molecule has 3 amide bonds. The summed E-state index contributed by atoms with van der Waals surface area (Å²) >= 11 is 0. The van der Waals surface area contributed by atoms with E-state index in [1.807, 2.05) is 11.9 Å². The van der Waals surface area contributed by atoms with Crippen LogP contribution in [0.25, 0.3) is 0 Å². The van der Waals surface area contributed by atoms with Gasteiger partial charge in [-0.3, -0.25) is 4.79 Å². The molecule has 10 heteroatoms. The Bertz CT molecular complexity index is 1250. The van der Waals surface area contributed by atoms with Crippen molar-refractivity contribution >= 4 is 29.3 Å². The third-order valence-electron chi connectivity index (χ3n) is 9.99. The predicted octanol–water partition coefficient (Wildman–Crippen LogP) is 3.95. The minimum absolute atomic E-state index is 0.0889. The molecule has 4 fully saturated rings. The SMILES string of the molecule is CN1CCN(C2CCCN(c3cnc(C(N)=O)c(Nc4ccc(C5(C)CCN(C6CCCC6)CC5)cc4)n3)C2)C1=O. The number of urea groups is 1. The van der Waals surface area contributed by atoms with Crippen molar-refractivity contribution in [2.75, 3.05) is 56.5 Å². The lowest BCUT2D eigenvalue weighted by molar-refractivity contribution is 0.0996. The summed E-state index contributed by atoms with van der Waals surface area (Å²) in [5.41, 5.74) is 8.16. The van der Waals surface area contributed by atoms with Crippen molar-refractivity contribution in [1.29, 1.82) is 0 Å². The van der Waals surface area contributed by atoms with Crippen molar-refractivity contribution in [3.05, 3.63) is 41.7 Å². The summed E-state index contributed by atoms with van der Waals surface area (Å²) in [5.74, 6) is 0.421. The highest BCUT2D eigenvalue weighted by molar-refractivity contribution is 5.96. The maximum absolute atomic E-state index is 12.6. The molecule has 220 valence electrons. The van der Waals surface area contributed by atoms with Gasteiger partial charge in [-0.25, -0.2) is 14.8 Å². The lowest BCUT2D eigenvalue weighted by Gasteiger charge is -2.42. The smallest absolute Gasteiger partial charge is 0.320 e. The Morgan fingerprint density at radius 3 is 2.34 bits per heavy atom. The van der Waals surface area contributed by atoms with Gasteiger partial charge in [-0.2, -0.15) is 0 Å². The van der Waals surface area contributed by atoms with E-state index >= 15 is 0 Å². The van der Waals surface area contributed by atoms with E-state index in [-0.39, 0.29) is 23.2 Å². The number of likely N-dealkylation sites (N-methyl/N-ethyl adjacent to an activating group) is 1.